The highest BCUT2D eigenvalue weighted by Gasteiger charge is 2.54. The van der Waals surface area contributed by atoms with E-state index >= 15 is 0 Å². The van der Waals surface area contributed by atoms with Gasteiger partial charge >= 0.3 is 0 Å². The van der Waals surface area contributed by atoms with Crippen LogP contribution in [0.1, 0.15) is 16.8 Å². The molecule has 4 nitrogen and oxygen atoms in total. The van der Waals surface area contributed by atoms with Crippen molar-refractivity contribution >= 4 is 34.1 Å². The molecule has 0 saturated heterocycles. The lowest BCUT2D eigenvalue weighted by Gasteiger charge is -2.33. The van der Waals surface area contributed by atoms with Crippen LogP contribution < -0.4 is 10.2 Å². The first-order chi connectivity index (χ1) is 11.6. The molecule has 1 spiro atoms. The molecule has 24 heavy (non-hydrogen) atoms. The molecule has 1 unspecified atom stereocenters. The number of anilines is 1. The van der Waals surface area contributed by atoms with Gasteiger partial charge in [0.1, 0.15) is 0 Å². The number of aromatic nitrogens is 1. The van der Waals surface area contributed by atoms with E-state index in [1.807, 2.05) is 49.5 Å². The van der Waals surface area contributed by atoms with Crippen LogP contribution in [0.5, 0.6) is 0 Å². The second-order valence-electron chi connectivity index (χ2n) is 6.48. The molecule has 1 aromatic heterocycles. The maximum absolute atomic E-state index is 13.3. The topological polar surface area (TPSA) is 48.1 Å². The van der Waals surface area contributed by atoms with Gasteiger partial charge in [-0.15, -0.1) is 0 Å². The van der Waals surface area contributed by atoms with Gasteiger partial charge < -0.3 is 9.88 Å². The summed E-state index contributed by atoms with van der Waals surface area (Å²) in [7, 11) is 1.84. The smallest absolute Gasteiger partial charge is 0.257 e. The minimum Gasteiger partial charge on any atom is -0.356 e. The monoisotopic (exact) mass is 337 g/mol. The quantitative estimate of drug-likeness (QED) is 0.662. The van der Waals surface area contributed by atoms with Crippen LogP contribution in [-0.2, 0) is 16.8 Å². The summed E-state index contributed by atoms with van der Waals surface area (Å²) in [6, 6.07) is 13.8. The summed E-state index contributed by atoms with van der Waals surface area (Å²) in [6.45, 7) is 0.750. The molecule has 2 N–H and O–H groups in total. The molecule has 0 aliphatic carbocycles. The maximum atomic E-state index is 13.3. The van der Waals surface area contributed by atoms with Crippen LogP contribution in [0.25, 0.3) is 10.9 Å². The van der Waals surface area contributed by atoms with Crippen molar-refractivity contribution in [2.45, 2.75) is 12.0 Å². The molecule has 0 fully saturated rings. The number of rotatable bonds is 0. The van der Waals surface area contributed by atoms with Crippen LogP contribution in [0, 0.1) is 0 Å². The van der Waals surface area contributed by atoms with Crippen LogP contribution in [0.4, 0.5) is 5.69 Å². The minimum absolute atomic E-state index is 0.0577. The standard InChI is InChI=1S/C19H16ClN3O/c1-23-16-5-3-2-4-14(16)19(18(23)24)17-12(8-9-21-19)13-10-11(20)6-7-15(13)22-17/h2-7,10,21-22H,8-9H2,1H3. The molecule has 0 bridgehead atoms. The van der Waals surface area contributed by atoms with E-state index in [0.717, 1.165) is 40.8 Å². The number of amides is 1. The Bertz CT molecular complexity index is 1010. The summed E-state index contributed by atoms with van der Waals surface area (Å²) in [5.41, 5.74) is 4.30. The van der Waals surface area contributed by atoms with Gasteiger partial charge in [0, 0.05) is 40.8 Å². The SMILES string of the molecule is CN1C(=O)C2(NCCc3c2[nH]c2ccc(Cl)cc32)c2ccccc21. The molecule has 2 aromatic carbocycles. The molecule has 1 amide bonds. The van der Waals surface area contributed by atoms with Crippen molar-refractivity contribution in [3.8, 4) is 0 Å². The predicted molar refractivity (Wildman–Crippen MR) is 95.6 cm³/mol. The van der Waals surface area contributed by atoms with E-state index < -0.39 is 5.54 Å². The highest BCUT2D eigenvalue weighted by molar-refractivity contribution is 6.31. The van der Waals surface area contributed by atoms with Crippen LogP contribution in [0.2, 0.25) is 5.02 Å². The number of carbonyl (C=O) groups excluding carboxylic acids is 1. The number of hydrogen-bond acceptors (Lipinski definition) is 2. The van der Waals surface area contributed by atoms with Gasteiger partial charge in [-0.3, -0.25) is 10.1 Å². The number of H-pyrrole nitrogens is 1. The first-order valence-corrected chi connectivity index (χ1v) is 8.44. The van der Waals surface area contributed by atoms with Crippen molar-refractivity contribution in [2.24, 2.45) is 0 Å². The molecule has 0 radical (unpaired) electrons. The molecule has 2 aliphatic heterocycles. The third kappa shape index (κ3) is 1.55. The highest BCUT2D eigenvalue weighted by Crippen LogP contribution is 2.47. The highest BCUT2D eigenvalue weighted by atomic mass is 35.5. The fraction of sp³-hybridized carbons (Fsp3) is 0.211. The van der Waals surface area contributed by atoms with E-state index in [1.54, 1.807) is 4.90 Å². The summed E-state index contributed by atoms with van der Waals surface area (Å²) in [5, 5.41) is 5.33. The van der Waals surface area contributed by atoms with E-state index in [1.165, 1.54) is 5.56 Å². The number of benzene rings is 2. The van der Waals surface area contributed by atoms with Gasteiger partial charge in [-0.25, -0.2) is 0 Å². The number of likely N-dealkylation sites (N-methyl/N-ethyl adjacent to an activating group) is 1. The van der Waals surface area contributed by atoms with Crippen molar-refractivity contribution in [1.82, 2.24) is 10.3 Å². The second-order valence-corrected chi connectivity index (χ2v) is 6.91. The summed E-state index contributed by atoms with van der Waals surface area (Å²) in [4.78, 5) is 18.5. The van der Waals surface area contributed by atoms with Gasteiger partial charge in [0.05, 0.1) is 5.69 Å². The third-order valence-corrected chi connectivity index (χ3v) is 5.54. The zero-order valence-electron chi connectivity index (χ0n) is 13.2. The Morgan fingerprint density at radius 1 is 1.21 bits per heavy atom. The van der Waals surface area contributed by atoms with Crippen molar-refractivity contribution in [2.75, 3.05) is 18.5 Å². The lowest BCUT2D eigenvalue weighted by Crippen LogP contribution is -2.54. The van der Waals surface area contributed by atoms with Gasteiger partial charge in [0.25, 0.3) is 5.91 Å². The van der Waals surface area contributed by atoms with E-state index in [-0.39, 0.29) is 5.91 Å². The number of hydrogen-bond donors (Lipinski definition) is 2. The van der Waals surface area contributed by atoms with Crippen molar-refractivity contribution in [1.29, 1.82) is 0 Å². The fourth-order valence-electron chi connectivity index (χ4n) is 4.23. The number of para-hydroxylation sites is 1. The first kappa shape index (κ1) is 14.1. The summed E-state index contributed by atoms with van der Waals surface area (Å²) in [5.74, 6) is 0.0577. The predicted octanol–water partition coefficient (Wildman–Crippen LogP) is 3.19. The number of fused-ring (bicyclic) bond motifs is 6. The molecule has 120 valence electrons. The van der Waals surface area contributed by atoms with E-state index in [4.69, 9.17) is 11.6 Å². The summed E-state index contributed by atoms with van der Waals surface area (Å²) in [6.07, 6.45) is 0.872. The van der Waals surface area contributed by atoms with Gasteiger partial charge in [0.2, 0.25) is 0 Å². The molecular formula is C19H16ClN3O. The Morgan fingerprint density at radius 2 is 2.04 bits per heavy atom. The van der Waals surface area contributed by atoms with Crippen LogP contribution in [-0.4, -0.2) is 24.5 Å². The average molecular weight is 338 g/mol. The van der Waals surface area contributed by atoms with E-state index in [2.05, 4.69) is 10.3 Å². The second kappa shape index (κ2) is 4.62. The normalized spacial score (nSPS) is 22.2. The van der Waals surface area contributed by atoms with Crippen molar-refractivity contribution in [3.63, 3.8) is 0 Å². The number of nitrogens with zero attached hydrogens (tertiary/aromatic N) is 1. The van der Waals surface area contributed by atoms with Crippen LogP contribution >= 0.6 is 11.6 Å². The van der Waals surface area contributed by atoms with Gasteiger partial charge in [-0.05, 0) is 36.2 Å². The molecule has 1 atom stereocenters. The number of carbonyl (C=O) groups is 1. The molecule has 5 rings (SSSR count). The Labute approximate surface area is 144 Å². The van der Waals surface area contributed by atoms with Crippen LogP contribution in [0.3, 0.4) is 0 Å². The molecule has 3 heterocycles. The van der Waals surface area contributed by atoms with E-state index in [9.17, 15) is 4.79 Å². The minimum atomic E-state index is -0.829. The molecule has 5 heteroatoms. The summed E-state index contributed by atoms with van der Waals surface area (Å²) < 4.78 is 0. The Morgan fingerprint density at radius 3 is 2.92 bits per heavy atom. The average Bonchev–Trinajstić information content (AvgIpc) is 3.07. The number of halogens is 1. The lowest BCUT2D eigenvalue weighted by atomic mass is 9.82. The van der Waals surface area contributed by atoms with Crippen molar-refractivity contribution in [3.05, 3.63) is 64.3 Å². The van der Waals surface area contributed by atoms with Gasteiger partial charge in [0.15, 0.2) is 5.54 Å². The van der Waals surface area contributed by atoms with E-state index in [0.29, 0.717) is 5.02 Å². The lowest BCUT2D eigenvalue weighted by molar-refractivity contribution is -0.122. The Balaban J connectivity index is 1.87. The largest absolute Gasteiger partial charge is 0.356 e. The van der Waals surface area contributed by atoms with Crippen molar-refractivity contribution < 1.29 is 4.79 Å². The Hall–Kier alpha value is -2.30. The van der Waals surface area contributed by atoms with Gasteiger partial charge in [-0.2, -0.15) is 0 Å². The maximum Gasteiger partial charge on any atom is 0.257 e. The summed E-state index contributed by atoms with van der Waals surface area (Å²) >= 11 is 6.20. The fourth-order valence-corrected chi connectivity index (χ4v) is 4.41. The molecule has 0 saturated carbocycles. The zero-order chi connectivity index (χ0) is 16.5. The Kier molecular flexibility index (Phi) is 2.71. The first-order valence-electron chi connectivity index (χ1n) is 8.06. The number of aromatic amines is 1. The molecule has 3 aromatic rings. The third-order valence-electron chi connectivity index (χ3n) is 5.30. The number of nitrogens with one attached hydrogen (secondary N) is 2. The zero-order valence-corrected chi connectivity index (χ0v) is 13.9. The van der Waals surface area contributed by atoms with Gasteiger partial charge in [-0.1, -0.05) is 29.8 Å². The van der Waals surface area contributed by atoms with Crippen LogP contribution in [0.15, 0.2) is 42.5 Å². The molecular weight excluding hydrogens is 322 g/mol. The molecule has 2 aliphatic rings.